The van der Waals surface area contributed by atoms with E-state index in [1.54, 1.807) is 12.1 Å². The predicted octanol–water partition coefficient (Wildman–Crippen LogP) is 4.13. The highest BCUT2D eigenvalue weighted by Crippen LogP contribution is 2.56. The van der Waals surface area contributed by atoms with Crippen LogP contribution in [0.1, 0.15) is 36.8 Å². The van der Waals surface area contributed by atoms with E-state index in [0.29, 0.717) is 13.2 Å². The Kier molecular flexibility index (Phi) is 2.85. The zero-order valence-electron chi connectivity index (χ0n) is 11.1. The van der Waals surface area contributed by atoms with Gasteiger partial charge in [-0.1, -0.05) is 28.1 Å². The maximum atomic E-state index is 14.3. The first-order valence-corrected chi connectivity index (χ1v) is 7.89. The third-order valence-corrected chi connectivity index (χ3v) is 5.93. The van der Waals surface area contributed by atoms with E-state index in [0.717, 1.165) is 41.3 Å². The molecule has 0 bridgehead atoms. The van der Waals surface area contributed by atoms with Gasteiger partial charge >= 0.3 is 0 Å². The molecule has 20 heavy (non-hydrogen) atoms. The topological polar surface area (TPSA) is 18.5 Å². The van der Waals surface area contributed by atoms with Crippen LogP contribution < -0.4 is 0 Å². The van der Waals surface area contributed by atoms with Crippen LogP contribution in [0.15, 0.2) is 22.7 Å². The standard InChI is InChI=1S/C16H16BrFO2/c17-13-10-11-2-1-3-12(18)14(11)15(13)4-6-16(7-5-15)19-8-9-20-16/h1-3,10H,4-9H2. The highest BCUT2D eigenvalue weighted by Gasteiger charge is 2.51. The second kappa shape index (κ2) is 4.39. The van der Waals surface area contributed by atoms with Crippen molar-refractivity contribution < 1.29 is 13.9 Å². The van der Waals surface area contributed by atoms with Gasteiger partial charge in [-0.2, -0.15) is 0 Å². The second-order valence-electron chi connectivity index (χ2n) is 5.89. The summed E-state index contributed by atoms with van der Waals surface area (Å²) in [5, 5.41) is 0. The van der Waals surface area contributed by atoms with Crippen LogP contribution in [0.4, 0.5) is 4.39 Å². The molecule has 4 heteroatoms. The Balaban J connectivity index is 1.72. The lowest BCUT2D eigenvalue weighted by Gasteiger charge is -2.42. The molecule has 0 N–H and O–H groups in total. The van der Waals surface area contributed by atoms with E-state index < -0.39 is 5.79 Å². The summed E-state index contributed by atoms with van der Waals surface area (Å²) >= 11 is 3.68. The van der Waals surface area contributed by atoms with E-state index in [-0.39, 0.29) is 11.2 Å². The van der Waals surface area contributed by atoms with Crippen molar-refractivity contribution in [3.8, 4) is 0 Å². The number of rotatable bonds is 0. The average molecular weight is 339 g/mol. The summed E-state index contributed by atoms with van der Waals surface area (Å²) in [6.07, 6.45) is 5.43. The summed E-state index contributed by atoms with van der Waals surface area (Å²) in [6.45, 7) is 1.35. The van der Waals surface area contributed by atoms with E-state index in [9.17, 15) is 4.39 Å². The molecule has 2 aliphatic carbocycles. The van der Waals surface area contributed by atoms with Crippen LogP contribution in [-0.4, -0.2) is 19.0 Å². The highest BCUT2D eigenvalue weighted by molar-refractivity contribution is 9.11. The molecular weight excluding hydrogens is 323 g/mol. The van der Waals surface area contributed by atoms with Crippen molar-refractivity contribution >= 4 is 22.0 Å². The van der Waals surface area contributed by atoms with Crippen LogP contribution in [0.5, 0.6) is 0 Å². The maximum absolute atomic E-state index is 14.3. The van der Waals surface area contributed by atoms with Gasteiger partial charge in [-0.25, -0.2) is 4.39 Å². The lowest BCUT2D eigenvalue weighted by molar-refractivity contribution is -0.182. The smallest absolute Gasteiger partial charge is 0.168 e. The normalized spacial score (nSPS) is 26.0. The van der Waals surface area contributed by atoms with Crippen LogP contribution >= 0.6 is 15.9 Å². The van der Waals surface area contributed by atoms with Crippen LogP contribution in [0.2, 0.25) is 0 Å². The van der Waals surface area contributed by atoms with Crippen molar-refractivity contribution in [3.63, 3.8) is 0 Å². The molecule has 0 radical (unpaired) electrons. The first-order chi connectivity index (χ1) is 9.65. The fourth-order valence-corrected chi connectivity index (χ4v) is 4.73. The van der Waals surface area contributed by atoms with E-state index >= 15 is 0 Å². The van der Waals surface area contributed by atoms with Gasteiger partial charge < -0.3 is 9.47 Å². The van der Waals surface area contributed by atoms with Crippen molar-refractivity contribution in [3.05, 3.63) is 39.6 Å². The number of fused-ring (bicyclic) bond motifs is 2. The van der Waals surface area contributed by atoms with Crippen molar-refractivity contribution in [1.29, 1.82) is 0 Å². The minimum absolute atomic E-state index is 0.0996. The van der Waals surface area contributed by atoms with Gasteiger partial charge in [0, 0.05) is 28.3 Å². The average Bonchev–Trinajstić information content (AvgIpc) is 2.99. The first kappa shape index (κ1) is 13.0. The monoisotopic (exact) mass is 338 g/mol. The van der Waals surface area contributed by atoms with Crippen LogP contribution in [0.3, 0.4) is 0 Å². The van der Waals surface area contributed by atoms with Gasteiger partial charge in [0.15, 0.2) is 5.79 Å². The Labute approximate surface area is 126 Å². The number of halogens is 2. The largest absolute Gasteiger partial charge is 0.348 e. The number of ether oxygens (including phenoxy) is 2. The summed E-state index contributed by atoms with van der Waals surface area (Å²) < 4.78 is 27.0. The molecule has 2 spiro atoms. The van der Waals surface area contributed by atoms with Crippen molar-refractivity contribution in [1.82, 2.24) is 0 Å². The number of hydrogen-bond donors (Lipinski definition) is 0. The molecule has 4 rings (SSSR count). The van der Waals surface area contributed by atoms with Crippen molar-refractivity contribution in [2.45, 2.75) is 36.9 Å². The van der Waals surface area contributed by atoms with E-state index in [1.165, 1.54) is 0 Å². The Morgan fingerprint density at radius 1 is 1.05 bits per heavy atom. The number of benzene rings is 1. The molecule has 1 heterocycles. The van der Waals surface area contributed by atoms with Crippen molar-refractivity contribution in [2.24, 2.45) is 0 Å². The molecule has 0 amide bonds. The summed E-state index contributed by atoms with van der Waals surface area (Å²) in [7, 11) is 0. The minimum atomic E-state index is -0.410. The SMILES string of the molecule is Fc1cccc2c1C1(CCC3(CC1)OCCO3)C(Br)=C2. The summed E-state index contributed by atoms with van der Waals surface area (Å²) in [5.41, 5.74) is 1.63. The highest BCUT2D eigenvalue weighted by atomic mass is 79.9. The van der Waals surface area contributed by atoms with Crippen molar-refractivity contribution in [2.75, 3.05) is 13.2 Å². The summed E-state index contributed by atoms with van der Waals surface area (Å²) in [5.74, 6) is -0.510. The van der Waals surface area contributed by atoms with Gasteiger partial charge in [0.05, 0.1) is 13.2 Å². The minimum Gasteiger partial charge on any atom is -0.348 e. The molecule has 1 aromatic carbocycles. The molecule has 1 aromatic rings. The molecule has 2 fully saturated rings. The Morgan fingerprint density at radius 2 is 1.75 bits per heavy atom. The number of allylic oxidation sites excluding steroid dienone is 1. The molecule has 1 saturated carbocycles. The second-order valence-corrected chi connectivity index (χ2v) is 6.74. The van der Waals surface area contributed by atoms with E-state index in [4.69, 9.17) is 9.47 Å². The lowest BCUT2D eigenvalue weighted by Crippen LogP contribution is -2.42. The molecule has 0 atom stereocenters. The molecule has 0 unspecified atom stereocenters. The quantitative estimate of drug-likeness (QED) is 0.708. The lowest BCUT2D eigenvalue weighted by atomic mass is 9.69. The first-order valence-electron chi connectivity index (χ1n) is 7.10. The van der Waals surface area contributed by atoms with Gasteiger partial charge in [0.25, 0.3) is 0 Å². The van der Waals surface area contributed by atoms with E-state index in [1.807, 2.05) is 6.07 Å². The maximum Gasteiger partial charge on any atom is 0.168 e. The molecule has 1 saturated heterocycles. The van der Waals surface area contributed by atoms with Gasteiger partial charge in [0.1, 0.15) is 5.82 Å². The third kappa shape index (κ3) is 1.68. The van der Waals surface area contributed by atoms with Crippen LogP contribution in [-0.2, 0) is 14.9 Å². The summed E-state index contributed by atoms with van der Waals surface area (Å²) in [6, 6.07) is 5.33. The van der Waals surface area contributed by atoms with Crippen LogP contribution in [0.25, 0.3) is 6.08 Å². The van der Waals surface area contributed by atoms with Gasteiger partial charge in [-0.05, 0) is 30.5 Å². The predicted molar refractivity (Wildman–Crippen MR) is 78.1 cm³/mol. The molecule has 1 aliphatic heterocycles. The van der Waals surface area contributed by atoms with E-state index in [2.05, 4.69) is 22.0 Å². The number of hydrogen-bond acceptors (Lipinski definition) is 2. The molecule has 106 valence electrons. The Hall–Kier alpha value is -0.710. The zero-order chi connectivity index (χ0) is 13.8. The third-order valence-electron chi connectivity index (χ3n) is 4.94. The fourth-order valence-electron chi connectivity index (χ4n) is 3.89. The Bertz CT molecular complexity index is 580. The van der Waals surface area contributed by atoms with Gasteiger partial charge in [-0.3, -0.25) is 0 Å². The summed E-state index contributed by atoms with van der Waals surface area (Å²) in [4.78, 5) is 0. The molecule has 0 aromatic heterocycles. The Morgan fingerprint density at radius 3 is 2.45 bits per heavy atom. The molecule has 2 nitrogen and oxygen atoms in total. The van der Waals surface area contributed by atoms with Gasteiger partial charge in [-0.15, -0.1) is 0 Å². The molecular formula is C16H16BrFO2. The van der Waals surface area contributed by atoms with Crippen LogP contribution in [0, 0.1) is 5.82 Å². The molecule has 3 aliphatic rings. The zero-order valence-corrected chi connectivity index (χ0v) is 12.7. The fraction of sp³-hybridized carbons (Fsp3) is 0.500. The van der Waals surface area contributed by atoms with Gasteiger partial charge in [0.2, 0.25) is 0 Å².